The molecule has 0 aliphatic carbocycles. The summed E-state index contributed by atoms with van der Waals surface area (Å²) in [6.45, 7) is 3.70. The average molecular weight is 274 g/mol. The maximum absolute atomic E-state index is 12.7. The molecule has 0 aliphatic rings. The Morgan fingerprint density at radius 3 is 2.00 bits per heavy atom. The van der Waals surface area contributed by atoms with Gasteiger partial charge >= 0.3 is 6.18 Å². The molecule has 1 aromatic carbocycles. The minimum atomic E-state index is -4.32. The zero-order chi connectivity index (χ0) is 14.6. The minimum absolute atomic E-state index is 0.0395. The van der Waals surface area contributed by atoms with Crippen molar-refractivity contribution in [2.45, 2.75) is 50.9 Å². The predicted molar refractivity (Wildman–Crippen MR) is 70.7 cm³/mol. The van der Waals surface area contributed by atoms with Gasteiger partial charge in [0, 0.05) is 12.1 Å². The summed E-state index contributed by atoms with van der Waals surface area (Å²) in [5, 5.41) is 0. The van der Waals surface area contributed by atoms with E-state index in [2.05, 4.69) is 0 Å². The molecule has 0 aromatic heterocycles. The van der Waals surface area contributed by atoms with E-state index < -0.39 is 11.7 Å². The van der Waals surface area contributed by atoms with Gasteiger partial charge in [-0.3, -0.25) is 0 Å². The van der Waals surface area contributed by atoms with Gasteiger partial charge in [0.15, 0.2) is 0 Å². The van der Waals surface area contributed by atoms with Gasteiger partial charge in [0.1, 0.15) is 0 Å². The third-order valence-corrected chi connectivity index (χ3v) is 3.00. The van der Waals surface area contributed by atoms with E-state index in [1.807, 2.05) is 13.8 Å². The lowest BCUT2D eigenvalue weighted by Gasteiger charge is -2.22. The molecule has 0 saturated carbocycles. The van der Waals surface area contributed by atoms with Crippen molar-refractivity contribution >= 4 is 0 Å². The van der Waals surface area contributed by atoms with E-state index in [-0.39, 0.29) is 18.0 Å². The van der Waals surface area contributed by atoms with Crippen molar-refractivity contribution in [3.8, 4) is 0 Å². The molecule has 0 spiro atoms. The van der Waals surface area contributed by atoms with E-state index in [1.165, 1.54) is 12.1 Å². The lowest BCUT2D eigenvalue weighted by atomic mass is 9.87. The van der Waals surface area contributed by atoms with Gasteiger partial charge in [0.25, 0.3) is 0 Å². The van der Waals surface area contributed by atoms with Crippen molar-refractivity contribution in [1.82, 2.24) is 0 Å². The van der Waals surface area contributed by atoms with Crippen molar-refractivity contribution in [2.24, 2.45) is 11.5 Å². The number of rotatable bonds is 5. The molecule has 19 heavy (non-hydrogen) atoms. The first-order valence-corrected chi connectivity index (χ1v) is 6.38. The fourth-order valence-corrected chi connectivity index (χ4v) is 2.23. The van der Waals surface area contributed by atoms with Crippen molar-refractivity contribution in [3.05, 3.63) is 35.4 Å². The van der Waals surface area contributed by atoms with Crippen LogP contribution in [0.1, 0.15) is 43.7 Å². The minimum Gasteiger partial charge on any atom is -0.328 e. The van der Waals surface area contributed by atoms with Crippen molar-refractivity contribution in [3.63, 3.8) is 0 Å². The molecule has 0 fully saturated rings. The van der Waals surface area contributed by atoms with Crippen LogP contribution in [0.4, 0.5) is 13.2 Å². The van der Waals surface area contributed by atoms with Crippen LogP contribution in [-0.4, -0.2) is 12.1 Å². The maximum Gasteiger partial charge on any atom is 0.416 e. The van der Waals surface area contributed by atoms with E-state index in [1.54, 1.807) is 6.07 Å². The van der Waals surface area contributed by atoms with E-state index in [0.717, 1.165) is 6.07 Å². The van der Waals surface area contributed by atoms with Crippen LogP contribution in [-0.2, 0) is 6.18 Å². The Bertz CT molecular complexity index is 390. The van der Waals surface area contributed by atoms with Gasteiger partial charge in [-0.15, -0.1) is 0 Å². The molecule has 5 heteroatoms. The third kappa shape index (κ3) is 5.20. The molecule has 0 amide bonds. The van der Waals surface area contributed by atoms with Gasteiger partial charge < -0.3 is 11.5 Å². The molecule has 4 N–H and O–H groups in total. The molecule has 0 radical (unpaired) electrons. The Morgan fingerprint density at radius 1 is 1.05 bits per heavy atom. The van der Waals surface area contributed by atoms with Gasteiger partial charge in [0.2, 0.25) is 0 Å². The van der Waals surface area contributed by atoms with Crippen LogP contribution in [0.3, 0.4) is 0 Å². The van der Waals surface area contributed by atoms with E-state index in [4.69, 9.17) is 11.5 Å². The first-order valence-electron chi connectivity index (χ1n) is 6.38. The fraction of sp³-hybridized carbons (Fsp3) is 0.571. The van der Waals surface area contributed by atoms with Crippen LogP contribution < -0.4 is 11.5 Å². The van der Waals surface area contributed by atoms with Gasteiger partial charge in [-0.05, 0) is 44.2 Å². The zero-order valence-corrected chi connectivity index (χ0v) is 11.2. The van der Waals surface area contributed by atoms with Crippen molar-refractivity contribution < 1.29 is 13.2 Å². The van der Waals surface area contributed by atoms with Crippen molar-refractivity contribution in [1.29, 1.82) is 0 Å². The summed E-state index contributed by atoms with van der Waals surface area (Å²) in [4.78, 5) is 0. The van der Waals surface area contributed by atoms with Crippen molar-refractivity contribution in [2.75, 3.05) is 0 Å². The van der Waals surface area contributed by atoms with Gasteiger partial charge in [-0.1, -0.05) is 18.2 Å². The zero-order valence-electron chi connectivity index (χ0n) is 11.2. The fourth-order valence-electron chi connectivity index (χ4n) is 2.23. The summed E-state index contributed by atoms with van der Waals surface area (Å²) in [7, 11) is 0. The highest BCUT2D eigenvalue weighted by molar-refractivity contribution is 5.28. The Balaban J connectivity index is 3.01. The molecular formula is C14H21F3N2. The van der Waals surface area contributed by atoms with Crippen LogP contribution >= 0.6 is 0 Å². The number of benzene rings is 1. The van der Waals surface area contributed by atoms with E-state index >= 15 is 0 Å². The Labute approximate surface area is 112 Å². The second kappa shape index (κ2) is 6.39. The highest BCUT2D eigenvalue weighted by atomic mass is 19.4. The summed E-state index contributed by atoms with van der Waals surface area (Å²) < 4.78 is 38.1. The molecule has 0 aliphatic heterocycles. The van der Waals surface area contributed by atoms with Crippen LogP contribution in [0.2, 0.25) is 0 Å². The topological polar surface area (TPSA) is 52.0 Å². The smallest absolute Gasteiger partial charge is 0.328 e. The summed E-state index contributed by atoms with van der Waals surface area (Å²) in [5.41, 5.74) is 11.6. The SMILES string of the molecule is CC(N)CC(CC(C)N)c1cccc(C(F)(F)F)c1. The lowest BCUT2D eigenvalue weighted by Crippen LogP contribution is -2.24. The normalized spacial score (nSPS) is 17.0. The average Bonchev–Trinajstić information content (AvgIpc) is 2.26. The number of alkyl halides is 3. The predicted octanol–water partition coefficient (Wildman–Crippen LogP) is 3.26. The second-order valence-corrected chi connectivity index (χ2v) is 5.25. The quantitative estimate of drug-likeness (QED) is 0.866. The third-order valence-electron chi connectivity index (χ3n) is 3.00. The van der Waals surface area contributed by atoms with Crippen LogP contribution in [0.5, 0.6) is 0 Å². The number of halogens is 3. The number of nitrogens with two attached hydrogens (primary N) is 2. The maximum atomic E-state index is 12.7. The van der Waals surface area contributed by atoms with Crippen LogP contribution in [0, 0.1) is 0 Å². The monoisotopic (exact) mass is 274 g/mol. The molecule has 2 atom stereocenters. The summed E-state index contributed by atoms with van der Waals surface area (Å²) >= 11 is 0. The van der Waals surface area contributed by atoms with E-state index in [0.29, 0.717) is 18.4 Å². The van der Waals surface area contributed by atoms with Gasteiger partial charge in [-0.2, -0.15) is 13.2 Å². The highest BCUT2D eigenvalue weighted by Crippen LogP contribution is 2.33. The lowest BCUT2D eigenvalue weighted by molar-refractivity contribution is -0.137. The molecule has 1 aromatic rings. The Hall–Kier alpha value is -1.07. The summed E-state index contributed by atoms with van der Waals surface area (Å²) in [5.74, 6) is -0.0395. The molecule has 0 heterocycles. The number of hydrogen-bond donors (Lipinski definition) is 2. The molecule has 0 saturated heterocycles. The Kier molecular flexibility index (Phi) is 5.38. The first-order chi connectivity index (χ1) is 8.70. The molecule has 2 unspecified atom stereocenters. The molecule has 108 valence electrons. The molecule has 2 nitrogen and oxygen atoms in total. The summed E-state index contributed by atoms with van der Waals surface area (Å²) in [6.07, 6.45) is -3.06. The van der Waals surface area contributed by atoms with Gasteiger partial charge in [0.05, 0.1) is 5.56 Å². The highest BCUT2D eigenvalue weighted by Gasteiger charge is 2.31. The first kappa shape index (κ1) is 16.0. The Morgan fingerprint density at radius 2 is 1.58 bits per heavy atom. The van der Waals surface area contributed by atoms with E-state index in [9.17, 15) is 13.2 Å². The molecule has 0 bridgehead atoms. The summed E-state index contributed by atoms with van der Waals surface area (Å²) in [6, 6.07) is 5.29. The molecule has 1 rings (SSSR count). The number of hydrogen-bond acceptors (Lipinski definition) is 2. The largest absolute Gasteiger partial charge is 0.416 e. The van der Waals surface area contributed by atoms with Gasteiger partial charge in [-0.25, -0.2) is 0 Å². The standard InChI is InChI=1S/C14H21F3N2/c1-9(18)6-12(7-10(2)19)11-4-3-5-13(8-11)14(15,16)17/h3-5,8-10,12H,6-7,18-19H2,1-2H3. The second-order valence-electron chi connectivity index (χ2n) is 5.25. The molecular weight excluding hydrogens is 253 g/mol. The van der Waals surface area contributed by atoms with Crippen LogP contribution in [0.15, 0.2) is 24.3 Å². The van der Waals surface area contributed by atoms with Crippen LogP contribution in [0.25, 0.3) is 0 Å².